The normalized spacial score (nSPS) is 12.8. The molecule has 3 aromatic carbocycles. The van der Waals surface area contributed by atoms with Gasteiger partial charge in [0.25, 0.3) is 5.69 Å². The monoisotopic (exact) mass is 634 g/mol. The first-order valence-corrected chi connectivity index (χ1v) is 13.8. The van der Waals surface area contributed by atoms with E-state index < -0.39 is 34.6 Å². The van der Waals surface area contributed by atoms with Crippen LogP contribution in [-0.2, 0) is 17.5 Å². The largest absolute Gasteiger partial charge is 0.492 e. The van der Waals surface area contributed by atoms with E-state index in [4.69, 9.17) is 21.1 Å². The van der Waals surface area contributed by atoms with Gasteiger partial charge in [-0.2, -0.15) is 23.0 Å². The molecular weight excluding hydrogens is 605 g/mol. The number of hydrogen-bond donors (Lipinski definition) is 1. The molecule has 0 spiro atoms. The molecule has 1 aromatic heterocycles. The summed E-state index contributed by atoms with van der Waals surface area (Å²) in [5.74, 6) is 0.185. The summed E-state index contributed by atoms with van der Waals surface area (Å²) in [6, 6.07) is 17.3. The van der Waals surface area contributed by atoms with Gasteiger partial charge in [0, 0.05) is 37.2 Å². The maximum absolute atomic E-state index is 13.7. The molecule has 4 aromatic rings. The van der Waals surface area contributed by atoms with Crippen LogP contribution >= 0.6 is 11.6 Å². The standard InChI is InChI=1S/C30H30ClF3N4O6/c1-29(2,3)44-28(40)37-24-16-21(10-11-22(24)27(35-37)30(32,33)34)43-14-13-36(17-19-7-5-4-6-8-19)18-26(39)20-9-12-23(31)25(15-20)38(41)42/h4-12,15-16,26,39H,13-14,17-18H2,1-3H3/t26-/m0/s1. The van der Waals surface area contributed by atoms with E-state index in [1.807, 2.05) is 35.2 Å². The minimum absolute atomic E-state index is 0.0483. The minimum atomic E-state index is -4.81. The minimum Gasteiger partial charge on any atom is -0.492 e. The lowest BCUT2D eigenvalue weighted by Gasteiger charge is -2.25. The second-order valence-electron chi connectivity index (χ2n) is 11.0. The van der Waals surface area contributed by atoms with Crippen molar-refractivity contribution in [1.82, 2.24) is 14.7 Å². The Hall–Kier alpha value is -4.20. The van der Waals surface area contributed by atoms with E-state index in [0.717, 1.165) is 5.56 Å². The number of aromatic nitrogens is 2. The van der Waals surface area contributed by atoms with E-state index in [0.29, 0.717) is 16.8 Å². The molecule has 234 valence electrons. The molecular formula is C30H30ClF3N4O6. The fraction of sp³-hybridized carbons (Fsp3) is 0.333. The van der Waals surface area contributed by atoms with Crippen LogP contribution in [0.1, 0.15) is 43.7 Å². The molecule has 0 aliphatic carbocycles. The molecule has 4 rings (SSSR count). The predicted octanol–water partition coefficient (Wildman–Crippen LogP) is 7.01. The highest BCUT2D eigenvalue weighted by molar-refractivity contribution is 6.32. The van der Waals surface area contributed by atoms with Crippen LogP contribution in [0.2, 0.25) is 5.02 Å². The van der Waals surface area contributed by atoms with Crippen LogP contribution in [0.5, 0.6) is 5.75 Å². The summed E-state index contributed by atoms with van der Waals surface area (Å²) in [6.45, 7) is 5.55. The van der Waals surface area contributed by atoms with Gasteiger partial charge >= 0.3 is 12.3 Å². The average molecular weight is 635 g/mol. The Morgan fingerprint density at radius 1 is 1.11 bits per heavy atom. The number of nitro benzene ring substituents is 1. The number of fused-ring (bicyclic) bond motifs is 1. The Balaban J connectivity index is 1.54. The summed E-state index contributed by atoms with van der Waals surface area (Å²) in [6.07, 6.45) is -6.98. The van der Waals surface area contributed by atoms with Crippen molar-refractivity contribution in [3.63, 3.8) is 0 Å². The lowest BCUT2D eigenvalue weighted by Crippen LogP contribution is -2.32. The lowest BCUT2D eigenvalue weighted by atomic mass is 10.1. The summed E-state index contributed by atoms with van der Waals surface area (Å²) in [4.78, 5) is 25.2. The summed E-state index contributed by atoms with van der Waals surface area (Å²) in [5.41, 5.74) is -1.41. The molecule has 0 amide bonds. The second kappa shape index (κ2) is 13.2. The molecule has 1 heterocycles. The smallest absolute Gasteiger partial charge is 0.435 e. The number of halogens is 4. The molecule has 0 saturated heterocycles. The number of aliphatic hydroxyl groups is 1. The Kier molecular flexibility index (Phi) is 9.81. The molecule has 0 bridgehead atoms. The third-order valence-corrected chi connectivity index (χ3v) is 6.72. The first kappa shape index (κ1) is 32.7. The number of hydrogen-bond acceptors (Lipinski definition) is 8. The summed E-state index contributed by atoms with van der Waals surface area (Å²) in [7, 11) is 0. The van der Waals surface area contributed by atoms with E-state index in [1.165, 1.54) is 36.4 Å². The zero-order chi connectivity index (χ0) is 32.2. The molecule has 0 radical (unpaired) electrons. The van der Waals surface area contributed by atoms with Crippen molar-refractivity contribution in [2.45, 2.75) is 45.2 Å². The number of alkyl halides is 3. The van der Waals surface area contributed by atoms with Crippen LogP contribution in [0.15, 0.2) is 66.7 Å². The van der Waals surface area contributed by atoms with Gasteiger partial charge in [-0.25, -0.2) is 4.79 Å². The van der Waals surface area contributed by atoms with Gasteiger partial charge in [0.1, 0.15) is 23.0 Å². The van der Waals surface area contributed by atoms with Crippen molar-refractivity contribution in [3.05, 3.63) is 98.7 Å². The van der Waals surface area contributed by atoms with E-state index in [2.05, 4.69) is 5.10 Å². The van der Waals surface area contributed by atoms with Crippen LogP contribution in [0.3, 0.4) is 0 Å². The van der Waals surface area contributed by atoms with E-state index in [-0.39, 0.29) is 47.1 Å². The fourth-order valence-electron chi connectivity index (χ4n) is 4.43. The molecule has 1 N–H and O–H groups in total. The highest BCUT2D eigenvalue weighted by Crippen LogP contribution is 2.36. The zero-order valence-corrected chi connectivity index (χ0v) is 24.8. The van der Waals surface area contributed by atoms with Gasteiger partial charge in [-0.05, 0) is 50.1 Å². The SMILES string of the molecule is CC(C)(C)OC(=O)n1nc(C(F)(F)F)c2ccc(OCCN(Cc3ccccc3)C[C@H](O)c3ccc(Cl)c([N+](=O)[O-])c3)cc21. The van der Waals surface area contributed by atoms with Crippen molar-refractivity contribution in [1.29, 1.82) is 0 Å². The lowest BCUT2D eigenvalue weighted by molar-refractivity contribution is -0.384. The average Bonchev–Trinajstić information content (AvgIpc) is 3.32. The number of carbonyl (C=O) groups is 1. The third kappa shape index (κ3) is 8.24. The van der Waals surface area contributed by atoms with Crippen molar-refractivity contribution in [2.75, 3.05) is 19.7 Å². The van der Waals surface area contributed by atoms with Crippen molar-refractivity contribution in [2.24, 2.45) is 0 Å². The third-order valence-electron chi connectivity index (χ3n) is 6.40. The molecule has 0 fully saturated rings. The number of aliphatic hydroxyl groups excluding tert-OH is 1. The highest BCUT2D eigenvalue weighted by atomic mass is 35.5. The number of nitrogens with zero attached hydrogens (tertiary/aromatic N) is 4. The number of nitro groups is 1. The molecule has 44 heavy (non-hydrogen) atoms. The number of rotatable bonds is 10. The Labute approximate surface area is 255 Å². The van der Waals surface area contributed by atoms with Crippen molar-refractivity contribution >= 4 is 34.3 Å². The van der Waals surface area contributed by atoms with Crippen LogP contribution in [-0.4, -0.2) is 56.1 Å². The van der Waals surface area contributed by atoms with Crippen LogP contribution in [0.25, 0.3) is 10.9 Å². The van der Waals surface area contributed by atoms with Gasteiger partial charge < -0.3 is 14.6 Å². The van der Waals surface area contributed by atoms with Crippen LogP contribution < -0.4 is 4.74 Å². The van der Waals surface area contributed by atoms with Gasteiger partial charge in [0.05, 0.1) is 16.5 Å². The number of benzene rings is 3. The maximum atomic E-state index is 13.7. The Morgan fingerprint density at radius 3 is 2.45 bits per heavy atom. The number of ether oxygens (including phenoxy) is 2. The first-order valence-electron chi connectivity index (χ1n) is 13.5. The zero-order valence-electron chi connectivity index (χ0n) is 24.0. The molecule has 0 saturated carbocycles. The second-order valence-corrected chi connectivity index (χ2v) is 11.4. The van der Waals surface area contributed by atoms with Crippen molar-refractivity contribution in [3.8, 4) is 5.75 Å². The molecule has 10 nitrogen and oxygen atoms in total. The van der Waals surface area contributed by atoms with E-state index in [9.17, 15) is 33.2 Å². The molecule has 14 heteroatoms. The highest BCUT2D eigenvalue weighted by Gasteiger charge is 2.38. The maximum Gasteiger partial charge on any atom is 0.435 e. The topological polar surface area (TPSA) is 120 Å². The molecule has 0 aliphatic rings. The van der Waals surface area contributed by atoms with E-state index >= 15 is 0 Å². The summed E-state index contributed by atoms with van der Waals surface area (Å²) >= 11 is 5.91. The predicted molar refractivity (Wildman–Crippen MR) is 157 cm³/mol. The van der Waals surface area contributed by atoms with Gasteiger partial charge in [-0.3, -0.25) is 15.0 Å². The van der Waals surface area contributed by atoms with Gasteiger partial charge in [-0.1, -0.05) is 48.0 Å². The molecule has 0 unspecified atom stereocenters. The summed E-state index contributed by atoms with van der Waals surface area (Å²) < 4.78 is 52.7. The molecule has 1 atom stereocenters. The van der Waals surface area contributed by atoms with Gasteiger partial charge in [-0.15, -0.1) is 0 Å². The van der Waals surface area contributed by atoms with Crippen molar-refractivity contribution < 1.29 is 37.5 Å². The quantitative estimate of drug-likeness (QED) is 0.146. The van der Waals surface area contributed by atoms with Crippen LogP contribution in [0.4, 0.5) is 23.7 Å². The van der Waals surface area contributed by atoms with Gasteiger partial charge in [0.15, 0.2) is 5.69 Å². The first-order chi connectivity index (χ1) is 20.6. The van der Waals surface area contributed by atoms with Crippen LogP contribution in [0, 0.1) is 10.1 Å². The van der Waals surface area contributed by atoms with E-state index in [1.54, 1.807) is 20.8 Å². The Bertz CT molecular complexity index is 1640. The fourth-order valence-corrected chi connectivity index (χ4v) is 4.62. The molecule has 0 aliphatic heterocycles. The van der Waals surface area contributed by atoms with Gasteiger partial charge in [0.2, 0.25) is 0 Å². The Morgan fingerprint density at radius 2 is 1.82 bits per heavy atom. The summed E-state index contributed by atoms with van der Waals surface area (Å²) in [5, 5.41) is 25.4. The number of carbonyl (C=O) groups excluding carboxylic acids is 1.